The van der Waals surface area contributed by atoms with E-state index in [1.807, 2.05) is 13.8 Å². The molecule has 0 aliphatic heterocycles. The number of rotatable bonds is 9. The molecule has 0 saturated heterocycles. The zero-order chi connectivity index (χ0) is 19.9. The average Bonchev–Trinajstić information content (AvgIpc) is 2.64. The summed E-state index contributed by atoms with van der Waals surface area (Å²) < 4.78 is 43.7. The molecule has 146 valence electrons. The molecule has 27 heavy (non-hydrogen) atoms. The Morgan fingerprint density at radius 1 is 0.926 bits per heavy atom. The van der Waals surface area contributed by atoms with Gasteiger partial charge in [-0.3, -0.25) is 4.72 Å². The molecule has 0 unspecified atom stereocenters. The number of sulfonamides is 1. The van der Waals surface area contributed by atoms with Gasteiger partial charge in [0.15, 0.2) is 0 Å². The molecule has 8 heteroatoms. The van der Waals surface area contributed by atoms with E-state index in [1.165, 1.54) is 24.3 Å². The monoisotopic (exact) mass is 393 g/mol. The first-order valence-corrected chi connectivity index (χ1v) is 10.1. The topological polar surface area (TPSA) is 90.9 Å². The number of hydrogen-bond acceptors (Lipinski definition) is 6. The Bertz CT molecular complexity index is 878. The molecule has 0 bridgehead atoms. The van der Waals surface area contributed by atoms with E-state index in [4.69, 9.17) is 14.2 Å². The van der Waals surface area contributed by atoms with Crippen molar-refractivity contribution in [2.45, 2.75) is 25.7 Å². The van der Waals surface area contributed by atoms with Crippen LogP contribution in [-0.4, -0.2) is 34.2 Å². The van der Waals surface area contributed by atoms with Gasteiger partial charge in [0.05, 0.1) is 36.0 Å². The number of hydrogen-bond donors (Lipinski definition) is 1. The quantitative estimate of drug-likeness (QED) is 0.656. The van der Waals surface area contributed by atoms with E-state index in [0.717, 1.165) is 0 Å². The summed E-state index contributed by atoms with van der Waals surface area (Å²) in [5.74, 6) is 0.418. The Morgan fingerprint density at radius 3 is 2.19 bits per heavy atom. The van der Waals surface area contributed by atoms with Gasteiger partial charge < -0.3 is 14.2 Å². The molecule has 0 saturated carbocycles. The predicted molar refractivity (Wildman–Crippen MR) is 102 cm³/mol. The maximum Gasteiger partial charge on any atom is 0.338 e. The number of anilines is 1. The molecule has 0 spiro atoms. The van der Waals surface area contributed by atoms with Gasteiger partial charge in [0, 0.05) is 6.07 Å². The highest BCUT2D eigenvalue weighted by molar-refractivity contribution is 7.92. The largest absolute Gasteiger partial charge is 0.494 e. The van der Waals surface area contributed by atoms with Gasteiger partial charge in [0.1, 0.15) is 11.5 Å². The molecule has 2 rings (SSSR count). The molecule has 0 heterocycles. The first-order chi connectivity index (χ1) is 12.9. The van der Waals surface area contributed by atoms with E-state index < -0.39 is 16.0 Å². The SMILES string of the molecule is CCOC(=O)c1ccc(S(=O)(=O)Nc2cc(OCC)ccc2OCC)cc1. The van der Waals surface area contributed by atoms with E-state index in [2.05, 4.69) is 4.72 Å². The summed E-state index contributed by atoms with van der Waals surface area (Å²) in [7, 11) is -3.88. The zero-order valence-corrected chi connectivity index (χ0v) is 16.3. The third kappa shape index (κ3) is 5.37. The summed E-state index contributed by atoms with van der Waals surface area (Å²) in [6.45, 7) is 6.43. The minimum absolute atomic E-state index is 0.0137. The number of carbonyl (C=O) groups excluding carboxylic acids is 1. The molecule has 7 nitrogen and oxygen atoms in total. The van der Waals surface area contributed by atoms with Crippen molar-refractivity contribution >= 4 is 21.7 Å². The number of nitrogens with one attached hydrogen (secondary N) is 1. The summed E-state index contributed by atoms with van der Waals surface area (Å²) in [6.07, 6.45) is 0. The van der Waals surface area contributed by atoms with Crippen LogP contribution < -0.4 is 14.2 Å². The number of carbonyl (C=O) groups is 1. The van der Waals surface area contributed by atoms with Crippen molar-refractivity contribution in [2.24, 2.45) is 0 Å². The highest BCUT2D eigenvalue weighted by Crippen LogP contribution is 2.31. The summed E-state index contributed by atoms with van der Waals surface area (Å²) in [5.41, 5.74) is 0.557. The van der Waals surface area contributed by atoms with Crippen LogP contribution in [0.15, 0.2) is 47.4 Å². The smallest absolute Gasteiger partial charge is 0.338 e. The number of benzene rings is 2. The van der Waals surface area contributed by atoms with Crippen molar-refractivity contribution in [1.29, 1.82) is 0 Å². The maximum absolute atomic E-state index is 12.7. The first kappa shape index (κ1) is 20.6. The molecule has 1 N–H and O–H groups in total. The lowest BCUT2D eigenvalue weighted by Crippen LogP contribution is -2.14. The van der Waals surface area contributed by atoms with Gasteiger partial charge >= 0.3 is 5.97 Å². The lowest BCUT2D eigenvalue weighted by molar-refractivity contribution is 0.0526. The van der Waals surface area contributed by atoms with Crippen LogP contribution in [0.5, 0.6) is 11.5 Å². The summed E-state index contributed by atoms with van der Waals surface area (Å²) in [4.78, 5) is 11.7. The molecular formula is C19H23NO6S. The van der Waals surface area contributed by atoms with Gasteiger partial charge in [-0.05, 0) is 57.2 Å². The second-order valence-corrected chi connectivity index (χ2v) is 7.06. The second kappa shape index (κ2) is 9.27. The zero-order valence-electron chi connectivity index (χ0n) is 15.5. The molecule has 0 aliphatic carbocycles. The summed E-state index contributed by atoms with van der Waals surface area (Å²) in [6, 6.07) is 10.4. The van der Waals surface area contributed by atoms with Crippen molar-refractivity contribution < 1.29 is 27.4 Å². The number of esters is 1. The van der Waals surface area contributed by atoms with E-state index >= 15 is 0 Å². The Hall–Kier alpha value is -2.74. The Balaban J connectivity index is 2.29. The van der Waals surface area contributed by atoms with Crippen molar-refractivity contribution in [3.8, 4) is 11.5 Å². The van der Waals surface area contributed by atoms with Crippen molar-refractivity contribution in [3.63, 3.8) is 0 Å². The first-order valence-electron chi connectivity index (χ1n) is 8.60. The fraction of sp³-hybridized carbons (Fsp3) is 0.316. The van der Waals surface area contributed by atoms with Crippen LogP contribution >= 0.6 is 0 Å². The van der Waals surface area contributed by atoms with Crippen LogP contribution in [0, 0.1) is 0 Å². The normalized spacial score (nSPS) is 10.9. The van der Waals surface area contributed by atoms with Gasteiger partial charge in [0.25, 0.3) is 10.0 Å². The van der Waals surface area contributed by atoms with E-state index in [0.29, 0.717) is 24.7 Å². The lowest BCUT2D eigenvalue weighted by Gasteiger charge is -2.14. The molecule has 0 radical (unpaired) electrons. The standard InChI is InChI=1S/C19H23NO6S/c1-4-24-15-9-12-18(25-5-2)17(13-15)20-27(22,23)16-10-7-14(8-11-16)19(21)26-6-3/h7-13,20H,4-6H2,1-3H3. The van der Waals surface area contributed by atoms with Crippen LogP contribution in [-0.2, 0) is 14.8 Å². The molecule has 2 aromatic rings. The second-order valence-electron chi connectivity index (χ2n) is 5.37. The average molecular weight is 393 g/mol. The number of ether oxygens (including phenoxy) is 3. The van der Waals surface area contributed by atoms with E-state index in [-0.39, 0.29) is 22.8 Å². The summed E-state index contributed by atoms with van der Waals surface area (Å²) in [5, 5.41) is 0. The third-order valence-corrected chi connectivity index (χ3v) is 4.86. The fourth-order valence-electron chi connectivity index (χ4n) is 2.31. The van der Waals surface area contributed by atoms with Gasteiger partial charge in [-0.25, -0.2) is 13.2 Å². The lowest BCUT2D eigenvalue weighted by atomic mass is 10.2. The third-order valence-electron chi connectivity index (χ3n) is 3.48. The fourth-order valence-corrected chi connectivity index (χ4v) is 3.38. The molecule has 0 fully saturated rings. The molecular weight excluding hydrogens is 370 g/mol. The van der Waals surface area contributed by atoms with Gasteiger partial charge in [-0.2, -0.15) is 0 Å². The van der Waals surface area contributed by atoms with Crippen LogP contribution in [0.3, 0.4) is 0 Å². The predicted octanol–water partition coefficient (Wildman–Crippen LogP) is 3.46. The van der Waals surface area contributed by atoms with Crippen LogP contribution in [0.1, 0.15) is 31.1 Å². The van der Waals surface area contributed by atoms with Crippen molar-refractivity contribution in [1.82, 2.24) is 0 Å². The molecule has 2 aromatic carbocycles. The van der Waals surface area contributed by atoms with Gasteiger partial charge in [0.2, 0.25) is 0 Å². The maximum atomic E-state index is 12.7. The van der Waals surface area contributed by atoms with Crippen molar-refractivity contribution in [2.75, 3.05) is 24.5 Å². The van der Waals surface area contributed by atoms with Crippen LogP contribution in [0.2, 0.25) is 0 Å². The van der Waals surface area contributed by atoms with Gasteiger partial charge in [-0.1, -0.05) is 0 Å². The van der Waals surface area contributed by atoms with Gasteiger partial charge in [-0.15, -0.1) is 0 Å². The highest BCUT2D eigenvalue weighted by Gasteiger charge is 2.18. The molecule has 0 amide bonds. The van der Waals surface area contributed by atoms with Crippen LogP contribution in [0.25, 0.3) is 0 Å². The summed E-state index contributed by atoms with van der Waals surface area (Å²) >= 11 is 0. The molecule has 0 aromatic heterocycles. The van der Waals surface area contributed by atoms with E-state index in [1.54, 1.807) is 25.1 Å². The van der Waals surface area contributed by atoms with E-state index in [9.17, 15) is 13.2 Å². The molecule has 0 aliphatic rings. The highest BCUT2D eigenvalue weighted by atomic mass is 32.2. The minimum Gasteiger partial charge on any atom is -0.494 e. The molecule has 0 atom stereocenters. The Kier molecular flexibility index (Phi) is 7.06. The Morgan fingerprint density at radius 2 is 1.59 bits per heavy atom. The van der Waals surface area contributed by atoms with Crippen molar-refractivity contribution in [3.05, 3.63) is 48.0 Å². The Labute approximate surface area is 159 Å². The van der Waals surface area contributed by atoms with Crippen LogP contribution in [0.4, 0.5) is 5.69 Å². The minimum atomic E-state index is -3.88.